The van der Waals surface area contributed by atoms with Gasteiger partial charge in [-0.3, -0.25) is 4.79 Å². The Morgan fingerprint density at radius 3 is 2.91 bits per heavy atom. The molecule has 1 aliphatic heterocycles. The molecule has 6 nitrogen and oxygen atoms in total. The third kappa shape index (κ3) is 3.63. The molecule has 0 N–H and O–H groups in total. The van der Waals surface area contributed by atoms with Crippen molar-refractivity contribution in [3.63, 3.8) is 0 Å². The molecule has 0 radical (unpaired) electrons. The summed E-state index contributed by atoms with van der Waals surface area (Å²) in [6.45, 7) is 5.59. The van der Waals surface area contributed by atoms with Crippen LogP contribution in [-0.4, -0.2) is 38.6 Å². The van der Waals surface area contributed by atoms with E-state index in [4.69, 9.17) is 4.52 Å². The number of hydrogen-bond donors (Lipinski definition) is 0. The number of carbonyl (C=O) groups excluding carboxylic acids is 1. The van der Waals surface area contributed by atoms with E-state index in [1.54, 1.807) is 0 Å². The smallest absolute Gasteiger partial charge is 0.226 e. The number of aryl methyl sites for hydroxylation is 1. The van der Waals surface area contributed by atoms with E-state index in [2.05, 4.69) is 21.6 Å². The quantitative estimate of drug-likeness (QED) is 0.851. The Kier molecular flexibility index (Phi) is 4.79. The molecule has 0 bridgehead atoms. The van der Waals surface area contributed by atoms with Gasteiger partial charge in [-0.2, -0.15) is 4.98 Å². The van der Waals surface area contributed by atoms with Crippen LogP contribution in [0.25, 0.3) is 0 Å². The van der Waals surface area contributed by atoms with Gasteiger partial charge in [-0.05, 0) is 31.9 Å². The van der Waals surface area contributed by atoms with Crippen LogP contribution in [-0.2, 0) is 11.2 Å². The van der Waals surface area contributed by atoms with E-state index in [1.807, 2.05) is 36.4 Å². The molecule has 2 atom stereocenters. The van der Waals surface area contributed by atoms with E-state index >= 15 is 0 Å². The summed E-state index contributed by atoms with van der Waals surface area (Å²) >= 11 is 0. The van der Waals surface area contributed by atoms with Crippen molar-refractivity contribution in [2.24, 2.45) is 0 Å². The molecule has 2 aromatic heterocycles. The molecule has 1 aliphatic rings. The van der Waals surface area contributed by atoms with Crippen molar-refractivity contribution in [1.29, 1.82) is 0 Å². The van der Waals surface area contributed by atoms with Crippen LogP contribution in [0.4, 0.5) is 0 Å². The zero-order chi connectivity index (χ0) is 16.2. The summed E-state index contributed by atoms with van der Waals surface area (Å²) in [7, 11) is 0. The van der Waals surface area contributed by atoms with Crippen LogP contribution in [0, 0.1) is 0 Å². The van der Waals surface area contributed by atoms with E-state index in [0.717, 1.165) is 31.6 Å². The van der Waals surface area contributed by atoms with Crippen molar-refractivity contribution >= 4 is 5.91 Å². The maximum Gasteiger partial charge on any atom is 0.226 e. The molecule has 1 saturated heterocycles. The number of nitrogens with zero attached hydrogens (tertiary/aromatic N) is 4. The van der Waals surface area contributed by atoms with Gasteiger partial charge in [-0.15, -0.1) is 0 Å². The summed E-state index contributed by atoms with van der Waals surface area (Å²) < 4.78 is 7.28. The Labute approximate surface area is 136 Å². The van der Waals surface area contributed by atoms with E-state index in [1.165, 1.54) is 0 Å². The van der Waals surface area contributed by atoms with E-state index in [0.29, 0.717) is 18.9 Å². The molecule has 0 aromatic carbocycles. The minimum atomic E-state index is 0.176. The fourth-order valence-corrected chi connectivity index (χ4v) is 3.12. The number of amides is 1. The number of likely N-dealkylation sites (tertiary alicyclic amines) is 1. The highest BCUT2D eigenvalue weighted by Crippen LogP contribution is 2.26. The maximum absolute atomic E-state index is 12.6. The largest absolute Gasteiger partial charge is 0.351 e. The van der Waals surface area contributed by atoms with E-state index in [9.17, 15) is 4.79 Å². The Hall–Kier alpha value is -2.11. The first-order valence-corrected chi connectivity index (χ1v) is 8.40. The van der Waals surface area contributed by atoms with Crippen LogP contribution in [0.15, 0.2) is 29.0 Å². The lowest BCUT2D eigenvalue weighted by Crippen LogP contribution is -2.40. The van der Waals surface area contributed by atoms with Gasteiger partial charge in [-0.1, -0.05) is 12.1 Å². The highest BCUT2D eigenvalue weighted by Gasteiger charge is 2.28. The standard InChI is InChI=1S/C17H24N4O2/c1-3-15-18-17(19-23-15)14-7-6-10-21(12-14)16(22)11-13(2)20-8-4-5-9-20/h4-5,8-9,13-14H,3,6-7,10-12H2,1-2H3. The second-order valence-electron chi connectivity index (χ2n) is 6.26. The fourth-order valence-electron chi connectivity index (χ4n) is 3.12. The lowest BCUT2D eigenvalue weighted by atomic mass is 9.97. The zero-order valence-corrected chi connectivity index (χ0v) is 13.8. The van der Waals surface area contributed by atoms with Gasteiger partial charge in [0, 0.05) is 50.3 Å². The van der Waals surface area contributed by atoms with Crippen LogP contribution in [0.5, 0.6) is 0 Å². The normalized spacial score (nSPS) is 19.7. The molecule has 3 rings (SSSR count). The minimum Gasteiger partial charge on any atom is -0.351 e. The fraction of sp³-hybridized carbons (Fsp3) is 0.588. The Morgan fingerprint density at radius 1 is 1.43 bits per heavy atom. The molecule has 23 heavy (non-hydrogen) atoms. The van der Waals surface area contributed by atoms with Gasteiger partial charge in [0.1, 0.15) is 0 Å². The number of carbonyl (C=O) groups is 1. The van der Waals surface area contributed by atoms with Crippen molar-refractivity contribution in [1.82, 2.24) is 19.6 Å². The average Bonchev–Trinajstić information content (AvgIpc) is 3.26. The molecule has 6 heteroatoms. The predicted molar refractivity (Wildman–Crippen MR) is 86.0 cm³/mol. The van der Waals surface area contributed by atoms with Crippen LogP contribution >= 0.6 is 0 Å². The van der Waals surface area contributed by atoms with Gasteiger partial charge in [0.2, 0.25) is 11.8 Å². The molecule has 3 heterocycles. The highest BCUT2D eigenvalue weighted by atomic mass is 16.5. The summed E-state index contributed by atoms with van der Waals surface area (Å²) in [5.41, 5.74) is 0. The Bertz CT molecular complexity index is 635. The van der Waals surface area contributed by atoms with E-state index < -0.39 is 0 Å². The number of hydrogen-bond acceptors (Lipinski definition) is 4. The molecule has 2 aromatic rings. The first-order chi connectivity index (χ1) is 11.2. The third-order valence-corrected chi connectivity index (χ3v) is 4.53. The van der Waals surface area contributed by atoms with Crippen molar-refractivity contribution < 1.29 is 9.32 Å². The summed E-state index contributed by atoms with van der Waals surface area (Å²) in [6, 6.07) is 4.15. The van der Waals surface area contributed by atoms with Crippen LogP contribution in [0.2, 0.25) is 0 Å². The van der Waals surface area contributed by atoms with Crippen molar-refractivity contribution in [3.8, 4) is 0 Å². The van der Waals surface area contributed by atoms with Gasteiger partial charge in [-0.25, -0.2) is 0 Å². The number of piperidine rings is 1. The maximum atomic E-state index is 12.6. The van der Waals surface area contributed by atoms with Gasteiger partial charge in [0.15, 0.2) is 5.82 Å². The van der Waals surface area contributed by atoms with Crippen LogP contribution in [0.3, 0.4) is 0 Å². The first-order valence-electron chi connectivity index (χ1n) is 8.40. The second-order valence-corrected chi connectivity index (χ2v) is 6.26. The summed E-state index contributed by atoms with van der Waals surface area (Å²) in [6.07, 6.45) is 7.28. The highest BCUT2D eigenvalue weighted by molar-refractivity contribution is 5.76. The Morgan fingerprint density at radius 2 is 2.22 bits per heavy atom. The number of aromatic nitrogens is 3. The molecule has 1 fully saturated rings. The molecule has 0 saturated carbocycles. The Balaban J connectivity index is 1.60. The van der Waals surface area contributed by atoms with Gasteiger partial charge < -0.3 is 14.0 Å². The molecule has 0 aliphatic carbocycles. The topological polar surface area (TPSA) is 64.2 Å². The van der Waals surface area contributed by atoms with Crippen molar-refractivity contribution in [2.75, 3.05) is 13.1 Å². The zero-order valence-electron chi connectivity index (χ0n) is 13.8. The third-order valence-electron chi connectivity index (χ3n) is 4.53. The monoisotopic (exact) mass is 316 g/mol. The lowest BCUT2D eigenvalue weighted by molar-refractivity contribution is -0.133. The average molecular weight is 316 g/mol. The summed E-state index contributed by atoms with van der Waals surface area (Å²) in [5.74, 6) is 1.82. The van der Waals surface area contributed by atoms with Gasteiger partial charge >= 0.3 is 0 Å². The SMILES string of the molecule is CCc1nc(C2CCCN(C(=O)CC(C)n3cccc3)C2)no1. The lowest BCUT2D eigenvalue weighted by Gasteiger charge is -2.32. The van der Waals surface area contributed by atoms with Crippen LogP contribution in [0.1, 0.15) is 56.8 Å². The molecule has 124 valence electrons. The predicted octanol–water partition coefficient (Wildman–Crippen LogP) is 2.79. The summed E-state index contributed by atoms with van der Waals surface area (Å²) in [5, 5.41) is 4.08. The van der Waals surface area contributed by atoms with Gasteiger partial charge in [0.25, 0.3) is 0 Å². The second kappa shape index (κ2) is 6.98. The number of rotatable bonds is 5. The van der Waals surface area contributed by atoms with Gasteiger partial charge in [0.05, 0.1) is 0 Å². The summed E-state index contributed by atoms with van der Waals surface area (Å²) in [4.78, 5) is 19.0. The first kappa shape index (κ1) is 15.8. The van der Waals surface area contributed by atoms with Crippen molar-refractivity contribution in [3.05, 3.63) is 36.2 Å². The molecule has 1 amide bonds. The molecular formula is C17H24N4O2. The minimum absolute atomic E-state index is 0.176. The molecule has 0 spiro atoms. The van der Waals surface area contributed by atoms with Crippen molar-refractivity contribution in [2.45, 2.75) is 51.5 Å². The molecule has 2 unspecified atom stereocenters. The van der Waals surface area contributed by atoms with Crippen LogP contribution < -0.4 is 0 Å². The molecular weight excluding hydrogens is 292 g/mol. The van der Waals surface area contributed by atoms with E-state index in [-0.39, 0.29) is 17.9 Å².